The maximum atomic E-state index is 12.4. The predicted octanol–water partition coefficient (Wildman–Crippen LogP) is 1.20. The third kappa shape index (κ3) is 2.36. The van der Waals surface area contributed by atoms with Crippen molar-refractivity contribution in [1.82, 2.24) is 0 Å². The minimum Gasteiger partial charge on any atom is -0.496 e. The van der Waals surface area contributed by atoms with E-state index in [1.165, 1.54) is 7.11 Å². The summed E-state index contributed by atoms with van der Waals surface area (Å²) in [6, 6.07) is 3.55. The molecule has 0 radical (unpaired) electrons. The molecule has 3 rings (SSSR count). The Morgan fingerprint density at radius 1 is 1.29 bits per heavy atom. The van der Waals surface area contributed by atoms with E-state index in [9.17, 15) is 18.3 Å². The summed E-state index contributed by atoms with van der Waals surface area (Å²) >= 11 is 0. The van der Waals surface area contributed by atoms with E-state index in [1.54, 1.807) is 12.1 Å². The van der Waals surface area contributed by atoms with Crippen molar-refractivity contribution in [3.05, 3.63) is 23.3 Å². The van der Waals surface area contributed by atoms with Gasteiger partial charge in [-0.3, -0.25) is 4.79 Å². The monoisotopic (exact) mass is 354 g/mol. The molecule has 1 aliphatic heterocycles. The maximum absolute atomic E-state index is 12.4. The topological polar surface area (TPSA) is 110 Å². The standard InChI is InChI=1S/C16H22N2O5S/c1-23-13-7-6-12(18-9-2-3-10-18)14-11(13)5-4-8-16(14,15(19)20)24(17,21)22/h6-7H,2-5,8-10H2,1H3,(H,19,20)(H2,17,21,22)/t16-/m0/s1. The molecule has 8 heteroatoms. The van der Waals surface area contributed by atoms with Gasteiger partial charge in [0.25, 0.3) is 0 Å². The number of benzene rings is 1. The molecule has 0 aromatic heterocycles. The van der Waals surface area contributed by atoms with Gasteiger partial charge in [-0.25, -0.2) is 13.6 Å². The van der Waals surface area contributed by atoms with Crippen LogP contribution in [0.2, 0.25) is 0 Å². The Kier molecular flexibility index (Phi) is 4.21. The SMILES string of the molecule is COc1ccc(N2CCCC2)c2c1CCC[C@]2(C(=O)O)S(N)(=O)=O. The number of nitrogens with zero attached hydrogens (tertiary/aromatic N) is 1. The van der Waals surface area contributed by atoms with E-state index in [2.05, 4.69) is 0 Å². The Morgan fingerprint density at radius 2 is 1.96 bits per heavy atom. The molecule has 0 spiro atoms. The van der Waals surface area contributed by atoms with Gasteiger partial charge >= 0.3 is 5.97 Å². The van der Waals surface area contributed by atoms with Gasteiger partial charge in [0.15, 0.2) is 0 Å². The maximum Gasteiger partial charge on any atom is 0.331 e. The Hall–Kier alpha value is -1.80. The minimum absolute atomic E-state index is 0.0256. The van der Waals surface area contributed by atoms with Crippen LogP contribution in [0, 0.1) is 0 Å². The van der Waals surface area contributed by atoms with Gasteiger partial charge < -0.3 is 14.7 Å². The number of methoxy groups -OCH3 is 1. The number of carboxylic acid groups (broad SMARTS) is 1. The average Bonchev–Trinajstić information content (AvgIpc) is 3.06. The number of aliphatic carboxylic acids is 1. The van der Waals surface area contributed by atoms with E-state index in [-0.39, 0.29) is 6.42 Å². The second kappa shape index (κ2) is 5.93. The van der Waals surface area contributed by atoms with Gasteiger partial charge in [0.2, 0.25) is 14.8 Å². The molecule has 24 heavy (non-hydrogen) atoms. The number of primary sulfonamides is 1. The fraction of sp³-hybridized carbons (Fsp3) is 0.562. The lowest BCUT2D eigenvalue weighted by molar-refractivity contribution is -0.140. The largest absolute Gasteiger partial charge is 0.496 e. The zero-order valence-corrected chi connectivity index (χ0v) is 14.4. The first kappa shape index (κ1) is 17.0. The molecule has 1 atom stereocenters. The van der Waals surface area contributed by atoms with Crippen LogP contribution in [0.25, 0.3) is 0 Å². The second-order valence-electron chi connectivity index (χ2n) is 6.37. The number of nitrogens with two attached hydrogens (primary N) is 1. The first-order valence-corrected chi connectivity index (χ1v) is 9.58. The number of hydrogen-bond acceptors (Lipinski definition) is 5. The van der Waals surface area contributed by atoms with Crippen LogP contribution < -0.4 is 14.8 Å². The zero-order valence-electron chi connectivity index (χ0n) is 13.6. The predicted molar refractivity (Wildman–Crippen MR) is 89.8 cm³/mol. The quantitative estimate of drug-likeness (QED) is 0.841. The number of carbonyl (C=O) groups is 1. The van der Waals surface area contributed by atoms with Crippen molar-refractivity contribution in [2.45, 2.75) is 36.9 Å². The van der Waals surface area contributed by atoms with Crippen LogP contribution in [0.5, 0.6) is 5.75 Å². The average molecular weight is 354 g/mol. The molecule has 0 unspecified atom stereocenters. The number of carboxylic acids is 1. The fourth-order valence-corrected chi connectivity index (χ4v) is 5.17. The van der Waals surface area contributed by atoms with Gasteiger partial charge in [0.1, 0.15) is 5.75 Å². The van der Waals surface area contributed by atoms with Gasteiger partial charge in [-0.1, -0.05) is 0 Å². The Balaban J connectivity index is 2.36. The van der Waals surface area contributed by atoms with Crippen molar-refractivity contribution >= 4 is 21.7 Å². The molecular weight excluding hydrogens is 332 g/mol. The lowest BCUT2D eigenvalue weighted by Gasteiger charge is -2.37. The third-order valence-electron chi connectivity index (χ3n) is 5.11. The second-order valence-corrected chi connectivity index (χ2v) is 8.15. The summed E-state index contributed by atoms with van der Waals surface area (Å²) in [5.74, 6) is -0.901. The minimum atomic E-state index is -4.36. The summed E-state index contributed by atoms with van der Waals surface area (Å²) in [5, 5.41) is 15.3. The molecule has 1 aromatic rings. The first-order chi connectivity index (χ1) is 11.3. The summed E-state index contributed by atoms with van der Waals surface area (Å²) < 4.78 is 28.1. The van der Waals surface area contributed by atoms with E-state index in [1.807, 2.05) is 4.90 Å². The number of ether oxygens (including phenoxy) is 1. The van der Waals surface area contributed by atoms with Crippen LogP contribution in [-0.4, -0.2) is 39.7 Å². The highest BCUT2D eigenvalue weighted by Crippen LogP contribution is 2.49. The fourth-order valence-electron chi connectivity index (χ4n) is 3.99. The molecule has 0 amide bonds. The Labute approximate surface area is 141 Å². The van der Waals surface area contributed by atoms with Crippen molar-refractivity contribution in [1.29, 1.82) is 0 Å². The van der Waals surface area contributed by atoms with Crippen LogP contribution in [0.15, 0.2) is 12.1 Å². The molecule has 2 aliphatic rings. The number of hydrogen-bond donors (Lipinski definition) is 2. The van der Waals surface area contributed by atoms with Crippen molar-refractivity contribution in [3.8, 4) is 5.75 Å². The summed E-state index contributed by atoms with van der Waals surface area (Å²) in [7, 11) is -2.86. The molecule has 7 nitrogen and oxygen atoms in total. The highest BCUT2D eigenvalue weighted by atomic mass is 32.2. The van der Waals surface area contributed by atoms with Crippen LogP contribution in [0.4, 0.5) is 5.69 Å². The molecular formula is C16H22N2O5S. The normalized spacial score (nSPS) is 23.8. The van der Waals surface area contributed by atoms with E-state index in [0.717, 1.165) is 25.9 Å². The zero-order chi connectivity index (χ0) is 17.5. The van der Waals surface area contributed by atoms with Crippen molar-refractivity contribution in [2.24, 2.45) is 5.14 Å². The van der Waals surface area contributed by atoms with Gasteiger partial charge in [-0.05, 0) is 44.2 Å². The lowest BCUT2D eigenvalue weighted by atomic mass is 9.80. The summed E-state index contributed by atoms with van der Waals surface area (Å²) in [5.41, 5.74) is 1.59. The van der Waals surface area contributed by atoms with E-state index in [4.69, 9.17) is 9.88 Å². The highest BCUT2D eigenvalue weighted by molar-refractivity contribution is 7.90. The Bertz CT molecular complexity index is 771. The molecule has 0 bridgehead atoms. The molecule has 1 heterocycles. The summed E-state index contributed by atoms with van der Waals surface area (Å²) in [4.78, 5) is 14.2. The number of sulfonamides is 1. The molecule has 3 N–H and O–H groups in total. The summed E-state index contributed by atoms with van der Waals surface area (Å²) in [6.45, 7) is 1.55. The van der Waals surface area contributed by atoms with Gasteiger partial charge in [-0.15, -0.1) is 0 Å². The summed E-state index contributed by atoms with van der Waals surface area (Å²) in [6.07, 6.45) is 2.97. The Morgan fingerprint density at radius 3 is 2.50 bits per heavy atom. The van der Waals surface area contributed by atoms with Gasteiger partial charge in [0.05, 0.1) is 7.11 Å². The molecule has 0 saturated carbocycles. The molecule has 132 valence electrons. The third-order valence-corrected chi connectivity index (χ3v) is 6.66. The first-order valence-electron chi connectivity index (χ1n) is 8.04. The van der Waals surface area contributed by atoms with E-state index >= 15 is 0 Å². The molecule has 1 aliphatic carbocycles. The van der Waals surface area contributed by atoms with Crippen LogP contribution >= 0.6 is 0 Å². The number of anilines is 1. The van der Waals surface area contributed by atoms with Crippen LogP contribution in [-0.2, 0) is 26.0 Å². The van der Waals surface area contributed by atoms with E-state index in [0.29, 0.717) is 35.4 Å². The van der Waals surface area contributed by atoms with E-state index < -0.39 is 20.7 Å². The smallest absolute Gasteiger partial charge is 0.331 e. The van der Waals surface area contributed by atoms with Gasteiger partial charge in [-0.2, -0.15) is 0 Å². The van der Waals surface area contributed by atoms with Crippen molar-refractivity contribution < 1.29 is 23.1 Å². The molecule has 1 fully saturated rings. The van der Waals surface area contributed by atoms with Crippen LogP contribution in [0.3, 0.4) is 0 Å². The van der Waals surface area contributed by atoms with Crippen molar-refractivity contribution in [3.63, 3.8) is 0 Å². The van der Waals surface area contributed by atoms with Gasteiger partial charge in [0, 0.05) is 29.9 Å². The molecule has 1 saturated heterocycles. The molecule has 1 aromatic carbocycles. The van der Waals surface area contributed by atoms with Crippen molar-refractivity contribution in [2.75, 3.05) is 25.1 Å². The lowest BCUT2D eigenvalue weighted by Crippen LogP contribution is -2.50. The number of fused-ring (bicyclic) bond motifs is 1. The van der Waals surface area contributed by atoms with Crippen LogP contribution in [0.1, 0.15) is 36.8 Å². The number of rotatable bonds is 4. The highest BCUT2D eigenvalue weighted by Gasteiger charge is 2.55.